The molecule has 0 unspecified atom stereocenters. The van der Waals surface area contributed by atoms with Gasteiger partial charge < -0.3 is 4.74 Å². The number of rotatable bonds is 5. The van der Waals surface area contributed by atoms with Crippen molar-refractivity contribution in [1.82, 2.24) is 0 Å². The van der Waals surface area contributed by atoms with Crippen LogP contribution in [0.3, 0.4) is 0 Å². The minimum Gasteiger partial charge on any atom is -0.465 e. The van der Waals surface area contributed by atoms with E-state index in [4.69, 9.17) is 4.74 Å². The number of ether oxygens (including phenoxy) is 1. The molecule has 1 aliphatic carbocycles. The molecule has 0 bridgehead atoms. The molecule has 0 N–H and O–H groups in total. The molecule has 0 amide bonds. The van der Waals surface area contributed by atoms with Gasteiger partial charge in [0.25, 0.3) is 0 Å². The lowest BCUT2D eigenvalue weighted by Gasteiger charge is -2.08. The summed E-state index contributed by atoms with van der Waals surface area (Å²) in [5.41, 5.74) is 0. The predicted octanol–water partition coefficient (Wildman–Crippen LogP) is 2.47. The van der Waals surface area contributed by atoms with E-state index in [1.54, 1.807) is 11.8 Å². The lowest BCUT2D eigenvalue weighted by molar-refractivity contribution is -0.144. The van der Waals surface area contributed by atoms with Crippen LogP contribution >= 0.6 is 11.8 Å². The molecule has 0 aromatic rings. The zero-order valence-corrected chi connectivity index (χ0v) is 9.07. The maximum Gasteiger partial charge on any atom is 0.306 e. The van der Waals surface area contributed by atoms with Crippen LogP contribution in [0, 0.1) is 5.92 Å². The normalized spacial score (nSPS) is 17.6. The summed E-state index contributed by atoms with van der Waals surface area (Å²) in [5.74, 6) is 1.53. The van der Waals surface area contributed by atoms with Crippen LogP contribution in [0.2, 0.25) is 0 Å². The molecule has 1 saturated carbocycles. The van der Waals surface area contributed by atoms with Gasteiger partial charge in [-0.15, -0.1) is 0 Å². The summed E-state index contributed by atoms with van der Waals surface area (Å²) < 4.78 is 5.08. The van der Waals surface area contributed by atoms with Gasteiger partial charge in [0.05, 0.1) is 0 Å². The van der Waals surface area contributed by atoms with Crippen LogP contribution in [-0.4, -0.2) is 24.6 Å². The molecule has 0 atom stereocenters. The van der Waals surface area contributed by atoms with Crippen molar-refractivity contribution in [2.45, 2.75) is 32.1 Å². The van der Waals surface area contributed by atoms with Crippen LogP contribution in [-0.2, 0) is 9.53 Å². The molecule has 13 heavy (non-hydrogen) atoms. The van der Waals surface area contributed by atoms with Gasteiger partial charge in [0, 0.05) is 12.2 Å². The Kier molecular flexibility index (Phi) is 5.28. The number of hydrogen-bond donors (Lipinski definition) is 0. The van der Waals surface area contributed by atoms with E-state index < -0.39 is 0 Å². The molecule has 0 radical (unpaired) electrons. The van der Waals surface area contributed by atoms with Gasteiger partial charge in [-0.2, -0.15) is 11.8 Å². The number of carbonyl (C=O) groups excluding carboxylic acids is 1. The van der Waals surface area contributed by atoms with Gasteiger partial charge in [-0.1, -0.05) is 12.8 Å². The van der Waals surface area contributed by atoms with E-state index in [0.29, 0.717) is 18.9 Å². The third kappa shape index (κ3) is 4.55. The second-order valence-corrected chi connectivity index (χ2v) is 4.55. The van der Waals surface area contributed by atoms with Crippen molar-refractivity contribution in [3.8, 4) is 0 Å². The first kappa shape index (κ1) is 10.9. The zero-order chi connectivity index (χ0) is 9.52. The Bertz CT molecular complexity index is 153. The fraction of sp³-hybridized carbons (Fsp3) is 0.900. The Hall–Kier alpha value is -0.180. The molecule has 0 aromatic heterocycles. The van der Waals surface area contributed by atoms with Crippen molar-refractivity contribution < 1.29 is 9.53 Å². The topological polar surface area (TPSA) is 26.3 Å². The molecular weight excluding hydrogens is 184 g/mol. The third-order valence-corrected chi connectivity index (χ3v) is 3.06. The largest absolute Gasteiger partial charge is 0.465 e. The first-order valence-electron chi connectivity index (χ1n) is 4.97. The van der Waals surface area contributed by atoms with Gasteiger partial charge in [-0.25, -0.2) is 0 Å². The van der Waals surface area contributed by atoms with Crippen molar-refractivity contribution in [3.63, 3.8) is 0 Å². The van der Waals surface area contributed by atoms with E-state index >= 15 is 0 Å². The second-order valence-electron chi connectivity index (χ2n) is 3.57. The summed E-state index contributed by atoms with van der Waals surface area (Å²) in [7, 11) is 0. The van der Waals surface area contributed by atoms with Gasteiger partial charge in [-0.3, -0.25) is 4.79 Å². The molecule has 0 saturated heterocycles. The van der Waals surface area contributed by atoms with Crippen LogP contribution in [0.4, 0.5) is 0 Å². The molecule has 76 valence electrons. The first-order valence-corrected chi connectivity index (χ1v) is 6.37. The smallest absolute Gasteiger partial charge is 0.306 e. The van der Waals surface area contributed by atoms with Crippen molar-refractivity contribution in [1.29, 1.82) is 0 Å². The highest BCUT2D eigenvalue weighted by Gasteiger charge is 2.18. The quantitative estimate of drug-likeness (QED) is 0.506. The summed E-state index contributed by atoms with van der Waals surface area (Å²) in [6, 6.07) is 0. The monoisotopic (exact) mass is 202 g/mol. The summed E-state index contributed by atoms with van der Waals surface area (Å²) in [6.45, 7) is 0.576. The van der Waals surface area contributed by atoms with Gasteiger partial charge in [0.1, 0.15) is 6.61 Å². The Morgan fingerprint density at radius 1 is 1.46 bits per heavy atom. The molecule has 1 aliphatic rings. The first-order chi connectivity index (χ1) is 6.33. The summed E-state index contributed by atoms with van der Waals surface area (Å²) in [6.07, 6.45) is 7.69. The average molecular weight is 202 g/mol. The van der Waals surface area contributed by atoms with E-state index in [1.807, 2.05) is 6.26 Å². The predicted molar refractivity (Wildman–Crippen MR) is 55.9 cm³/mol. The number of esters is 1. The molecule has 1 rings (SSSR count). The van der Waals surface area contributed by atoms with Crippen LogP contribution in [0.5, 0.6) is 0 Å². The fourth-order valence-corrected chi connectivity index (χ4v) is 2.00. The van der Waals surface area contributed by atoms with Gasteiger partial charge in [0.15, 0.2) is 0 Å². The van der Waals surface area contributed by atoms with E-state index in [1.165, 1.54) is 25.7 Å². The highest BCUT2D eigenvalue weighted by Crippen LogP contribution is 2.27. The van der Waals surface area contributed by atoms with Crippen LogP contribution in [0.1, 0.15) is 32.1 Å². The highest BCUT2D eigenvalue weighted by atomic mass is 32.2. The second kappa shape index (κ2) is 6.30. The Labute approximate surface area is 84.4 Å². The third-order valence-electron chi connectivity index (χ3n) is 2.48. The van der Waals surface area contributed by atoms with Crippen LogP contribution in [0.25, 0.3) is 0 Å². The lowest BCUT2D eigenvalue weighted by Crippen LogP contribution is -2.11. The SMILES string of the molecule is CSCCOC(=O)CC1CCCC1. The van der Waals surface area contributed by atoms with Gasteiger partial charge in [-0.05, 0) is 25.0 Å². The van der Waals surface area contributed by atoms with Gasteiger partial charge >= 0.3 is 5.97 Å². The zero-order valence-electron chi connectivity index (χ0n) is 8.25. The van der Waals surface area contributed by atoms with Gasteiger partial charge in [0.2, 0.25) is 0 Å². The van der Waals surface area contributed by atoms with Crippen LogP contribution < -0.4 is 0 Å². The van der Waals surface area contributed by atoms with Crippen molar-refractivity contribution in [3.05, 3.63) is 0 Å². The molecule has 0 aromatic carbocycles. The fourth-order valence-electron chi connectivity index (χ4n) is 1.75. The number of hydrogen-bond acceptors (Lipinski definition) is 3. The minimum absolute atomic E-state index is 0.000880. The summed E-state index contributed by atoms with van der Waals surface area (Å²) in [5, 5.41) is 0. The van der Waals surface area contributed by atoms with Crippen molar-refractivity contribution >= 4 is 17.7 Å². The van der Waals surface area contributed by atoms with Crippen LogP contribution in [0.15, 0.2) is 0 Å². The van der Waals surface area contributed by atoms with Crippen molar-refractivity contribution in [2.24, 2.45) is 5.92 Å². The minimum atomic E-state index is 0.000880. The van der Waals surface area contributed by atoms with E-state index in [9.17, 15) is 4.79 Å². The maximum absolute atomic E-state index is 11.2. The Balaban J connectivity index is 2.02. The molecule has 0 aliphatic heterocycles. The standard InChI is InChI=1S/C10H18O2S/c1-13-7-6-12-10(11)8-9-4-2-3-5-9/h9H,2-8H2,1H3. The molecule has 0 heterocycles. The highest BCUT2D eigenvalue weighted by molar-refractivity contribution is 7.98. The van der Waals surface area contributed by atoms with E-state index in [2.05, 4.69) is 0 Å². The molecule has 1 fully saturated rings. The molecule has 0 spiro atoms. The molecule has 3 heteroatoms. The summed E-state index contributed by atoms with van der Waals surface area (Å²) >= 11 is 1.71. The van der Waals surface area contributed by atoms with Crippen molar-refractivity contribution in [2.75, 3.05) is 18.6 Å². The van der Waals surface area contributed by atoms with E-state index in [0.717, 1.165) is 5.75 Å². The number of carbonyl (C=O) groups is 1. The maximum atomic E-state index is 11.2. The average Bonchev–Trinajstić information content (AvgIpc) is 2.57. The number of thioether (sulfide) groups is 1. The Morgan fingerprint density at radius 2 is 2.15 bits per heavy atom. The molecular formula is C10H18O2S. The Morgan fingerprint density at radius 3 is 2.77 bits per heavy atom. The lowest BCUT2D eigenvalue weighted by atomic mass is 10.1. The molecule has 2 nitrogen and oxygen atoms in total. The van der Waals surface area contributed by atoms with E-state index in [-0.39, 0.29) is 5.97 Å². The summed E-state index contributed by atoms with van der Waals surface area (Å²) in [4.78, 5) is 11.2.